The molecule has 1 aromatic carbocycles. The molecule has 0 bridgehead atoms. The van der Waals surface area contributed by atoms with Gasteiger partial charge in [-0.2, -0.15) is 0 Å². The van der Waals surface area contributed by atoms with E-state index < -0.39 is 17.8 Å². The number of nitrogens with one attached hydrogen (secondary N) is 1. The van der Waals surface area contributed by atoms with Gasteiger partial charge in [0.05, 0.1) is 6.33 Å². The summed E-state index contributed by atoms with van der Waals surface area (Å²) in [5.74, 6) is -0.850. The molecule has 2 N–H and O–H groups in total. The fraction of sp³-hybridized carbons (Fsp3) is 0.375. The second-order valence-electron chi connectivity index (χ2n) is 5.91. The molecule has 3 rings (SSSR count). The highest BCUT2D eigenvalue weighted by atomic mass is 19.1. The lowest BCUT2D eigenvalue weighted by molar-refractivity contribution is -0.129. The highest BCUT2D eigenvalue weighted by molar-refractivity contribution is 5.81. The van der Waals surface area contributed by atoms with Crippen molar-refractivity contribution in [2.24, 2.45) is 5.41 Å². The number of nitrogens with zero attached hydrogens (tertiary/aromatic N) is 2. The van der Waals surface area contributed by atoms with Gasteiger partial charge in [0.2, 0.25) is 0 Å². The molecule has 2 aromatic rings. The Hall–Kier alpha value is -2.21. The average molecular weight is 303 g/mol. The summed E-state index contributed by atoms with van der Waals surface area (Å²) >= 11 is 0. The summed E-state index contributed by atoms with van der Waals surface area (Å²) in [6.07, 6.45) is 6.19. The van der Waals surface area contributed by atoms with Crippen LogP contribution in [0.25, 0.3) is 0 Å². The molecule has 1 aromatic heterocycles. The molecule has 0 saturated heterocycles. The highest BCUT2D eigenvalue weighted by Gasteiger charge is 2.43. The normalized spacial score (nSPS) is 17.0. The second kappa shape index (κ2) is 5.88. The second-order valence-corrected chi connectivity index (χ2v) is 5.91. The van der Waals surface area contributed by atoms with Crippen molar-refractivity contribution < 1.29 is 14.3 Å². The number of carbonyl (C=O) groups is 1. The molecular weight excluding hydrogens is 285 g/mol. The first-order valence-electron chi connectivity index (χ1n) is 7.25. The number of carbonyl (C=O) groups excluding carboxylic acids is 1. The molecule has 5 nitrogen and oxygen atoms in total. The molecule has 0 radical (unpaired) electrons. The monoisotopic (exact) mass is 303 g/mol. The Labute approximate surface area is 127 Å². The number of aromatic nitrogens is 2. The lowest BCUT2D eigenvalue weighted by atomic mass is 10.1. The van der Waals surface area contributed by atoms with E-state index in [-0.39, 0.29) is 5.41 Å². The number of benzene rings is 1. The Morgan fingerprint density at radius 1 is 1.41 bits per heavy atom. The van der Waals surface area contributed by atoms with E-state index in [1.807, 2.05) is 10.8 Å². The standard InChI is InChI=1S/C16H18FN3O2/c17-13-3-1-12(2-4-13)14(21)15(22)19-9-16(5-6-16)10-20-8-7-18-11-20/h1-4,7-8,11,14,21H,5-6,9-10H2,(H,19,22)/t14-/m1/s1. The maximum absolute atomic E-state index is 12.9. The van der Waals surface area contributed by atoms with Crippen molar-refractivity contribution in [2.75, 3.05) is 6.54 Å². The summed E-state index contributed by atoms with van der Waals surface area (Å²) in [5.41, 5.74) is 0.442. The van der Waals surface area contributed by atoms with Gasteiger partial charge in [-0.05, 0) is 30.5 Å². The van der Waals surface area contributed by atoms with Crippen LogP contribution in [-0.2, 0) is 11.3 Å². The third-order valence-corrected chi connectivity index (χ3v) is 4.11. The van der Waals surface area contributed by atoms with Gasteiger partial charge in [-0.25, -0.2) is 9.37 Å². The molecule has 22 heavy (non-hydrogen) atoms. The zero-order valence-electron chi connectivity index (χ0n) is 12.1. The van der Waals surface area contributed by atoms with Crippen LogP contribution in [0.4, 0.5) is 4.39 Å². The van der Waals surface area contributed by atoms with Crippen LogP contribution < -0.4 is 5.32 Å². The van der Waals surface area contributed by atoms with Crippen LogP contribution in [0.3, 0.4) is 0 Å². The first kappa shape index (κ1) is 14.7. The minimum atomic E-state index is -1.27. The van der Waals surface area contributed by atoms with Crippen LogP contribution in [0.2, 0.25) is 0 Å². The van der Waals surface area contributed by atoms with Gasteiger partial charge in [0.25, 0.3) is 5.91 Å². The number of aliphatic hydroxyl groups is 1. The van der Waals surface area contributed by atoms with Crippen LogP contribution in [0.15, 0.2) is 43.0 Å². The molecule has 6 heteroatoms. The molecule has 1 heterocycles. The molecule has 0 unspecified atom stereocenters. The molecule has 0 aliphatic heterocycles. The Morgan fingerprint density at radius 3 is 2.73 bits per heavy atom. The van der Waals surface area contributed by atoms with Gasteiger partial charge in [-0.3, -0.25) is 4.79 Å². The Balaban J connectivity index is 1.54. The lowest BCUT2D eigenvalue weighted by Crippen LogP contribution is -2.35. The number of halogens is 1. The summed E-state index contributed by atoms with van der Waals surface area (Å²) in [7, 11) is 0. The molecular formula is C16H18FN3O2. The molecule has 0 spiro atoms. The number of amides is 1. The van der Waals surface area contributed by atoms with Crippen LogP contribution in [0.5, 0.6) is 0 Å². The average Bonchev–Trinajstić information content (AvgIpc) is 3.09. The van der Waals surface area contributed by atoms with E-state index in [4.69, 9.17) is 0 Å². The van der Waals surface area contributed by atoms with E-state index in [0.29, 0.717) is 12.1 Å². The van der Waals surface area contributed by atoms with Crippen LogP contribution in [0, 0.1) is 11.2 Å². The Bertz CT molecular complexity index is 636. The van der Waals surface area contributed by atoms with E-state index in [1.165, 1.54) is 24.3 Å². The minimum Gasteiger partial charge on any atom is -0.378 e. The van der Waals surface area contributed by atoms with E-state index in [9.17, 15) is 14.3 Å². The molecule has 1 aliphatic rings. The third kappa shape index (κ3) is 3.33. The summed E-state index contributed by atoms with van der Waals surface area (Å²) in [5, 5.41) is 12.8. The van der Waals surface area contributed by atoms with Gasteiger partial charge in [-0.15, -0.1) is 0 Å². The summed E-state index contributed by atoms with van der Waals surface area (Å²) in [6, 6.07) is 5.29. The third-order valence-electron chi connectivity index (χ3n) is 4.11. The predicted molar refractivity (Wildman–Crippen MR) is 78.3 cm³/mol. The summed E-state index contributed by atoms with van der Waals surface area (Å²) in [4.78, 5) is 16.0. The zero-order valence-corrected chi connectivity index (χ0v) is 12.1. The van der Waals surface area contributed by atoms with Gasteiger partial charge in [-0.1, -0.05) is 12.1 Å². The van der Waals surface area contributed by atoms with Crippen molar-refractivity contribution >= 4 is 5.91 Å². The molecule has 1 saturated carbocycles. The quantitative estimate of drug-likeness (QED) is 0.853. The largest absolute Gasteiger partial charge is 0.378 e. The molecule has 1 fully saturated rings. The van der Waals surface area contributed by atoms with Crippen molar-refractivity contribution in [2.45, 2.75) is 25.5 Å². The van der Waals surface area contributed by atoms with Crippen LogP contribution in [-0.4, -0.2) is 27.1 Å². The van der Waals surface area contributed by atoms with Gasteiger partial charge in [0.15, 0.2) is 6.10 Å². The first-order valence-corrected chi connectivity index (χ1v) is 7.25. The topological polar surface area (TPSA) is 67.2 Å². The Morgan fingerprint density at radius 2 is 2.14 bits per heavy atom. The van der Waals surface area contributed by atoms with Crippen molar-refractivity contribution in [1.29, 1.82) is 0 Å². The SMILES string of the molecule is O=C(NCC1(Cn2ccnc2)CC1)[C@H](O)c1ccc(F)cc1. The van der Waals surface area contributed by atoms with Crippen molar-refractivity contribution in [3.63, 3.8) is 0 Å². The number of hydrogen-bond acceptors (Lipinski definition) is 3. The fourth-order valence-electron chi connectivity index (χ4n) is 2.50. The van der Waals surface area contributed by atoms with E-state index >= 15 is 0 Å². The highest BCUT2D eigenvalue weighted by Crippen LogP contribution is 2.46. The van der Waals surface area contributed by atoms with Gasteiger partial charge >= 0.3 is 0 Å². The van der Waals surface area contributed by atoms with Gasteiger partial charge in [0, 0.05) is 30.9 Å². The summed E-state index contributed by atoms with van der Waals surface area (Å²) in [6.45, 7) is 1.32. The van der Waals surface area contributed by atoms with Crippen LogP contribution >= 0.6 is 0 Å². The van der Waals surface area contributed by atoms with E-state index in [0.717, 1.165) is 19.4 Å². The molecule has 1 amide bonds. The Kier molecular flexibility index (Phi) is 3.94. The van der Waals surface area contributed by atoms with Gasteiger partial charge < -0.3 is 15.0 Å². The van der Waals surface area contributed by atoms with Crippen molar-refractivity contribution in [1.82, 2.24) is 14.9 Å². The van der Waals surface area contributed by atoms with Crippen molar-refractivity contribution in [3.8, 4) is 0 Å². The number of aliphatic hydroxyl groups excluding tert-OH is 1. The van der Waals surface area contributed by atoms with Crippen molar-refractivity contribution in [3.05, 3.63) is 54.4 Å². The van der Waals surface area contributed by atoms with E-state index in [2.05, 4.69) is 10.3 Å². The van der Waals surface area contributed by atoms with Gasteiger partial charge in [0.1, 0.15) is 5.82 Å². The minimum absolute atomic E-state index is 0.0544. The number of rotatable bonds is 6. The smallest absolute Gasteiger partial charge is 0.253 e. The van der Waals surface area contributed by atoms with E-state index in [1.54, 1.807) is 12.5 Å². The predicted octanol–water partition coefficient (Wildman–Crippen LogP) is 1.65. The maximum Gasteiger partial charge on any atom is 0.253 e. The molecule has 116 valence electrons. The lowest BCUT2D eigenvalue weighted by Gasteiger charge is -2.18. The summed E-state index contributed by atoms with van der Waals surface area (Å²) < 4.78 is 14.9. The van der Waals surface area contributed by atoms with Crippen LogP contribution in [0.1, 0.15) is 24.5 Å². The fourth-order valence-corrected chi connectivity index (χ4v) is 2.50. The maximum atomic E-state index is 12.9. The first-order chi connectivity index (χ1) is 10.6. The molecule has 1 atom stereocenters. The number of hydrogen-bond donors (Lipinski definition) is 2. The molecule has 1 aliphatic carbocycles. The zero-order chi connectivity index (χ0) is 15.6. The number of imidazole rings is 1.